The maximum atomic E-state index is 14.6. The Balaban J connectivity index is 1.43. The minimum absolute atomic E-state index is 0.0158. The molecule has 0 radical (unpaired) electrons. The number of phosphoric acid groups is 1. The second-order valence-corrected chi connectivity index (χ2v) is 28.6. The molecule has 5 rings (SSSR count). The van der Waals surface area contributed by atoms with Crippen LogP contribution in [-0.2, 0) is 41.5 Å². The highest BCUT2D eigenvalue weighted by Crippen LogP contribution is 2.56. The van der Waals surface area contributed by atoms with Crippen LogP contribution in [-0.4, -0.2) is 79.5 Å². The number of phosphoric ester groups is 1. The van der Waals surface area contributed by atoms with Gasteiger partial charge in [-0.2, -0.15) is 0 Å². The zero-order valence-electron chi connectivity index (χ0n) is 33.8. The second-order valence-electron chi connectivity index (χ2n) is 17.5. The second kappa shape index (κ2) is 16.0. The molecule has 17 nitrogen and oxygen atoms in total. The lowest BCUT2D eigenvalue weighted by Crippen LogP contribution is -2.48. The summed E-state index contributed by atoms with van der Waals surface area (Å²) in [6.07, 6.45) is 0.237. The Morgan fingerprint density at radius 1 is 0.818 bits per heavy atom. The van der Waals surface area contributed by atoms with E-state index in [0.717, 1.165) is 0 Å². The van der Waals surface area contributed by atoms with Crippen molar-refractivity contribution >= 4 is 24.5 Å². The van der Waals surface area contributed by atoms with Crippen LogP contribution < -0.4 is 22.5 Å². The lowest BCUT2D eigenvalue weighted by atomic mass is 10.1. The van der Waals surface area contributed by atoms with Gasteiger partial charge in [-0.1, -0.05) is 53.7 Å². The zero-order valence-corrected chi connectivity index (χ0v) is 36.7. The Hall–Kier alpha value is -2.56. The van der Waals surface area contributed by atoms with E-state index in [1.165, 1.54) is 21.5 Å². The minimum Gasteiger partial charge on any atom is -0.411 e. The number of aromatic amines is 2. The van der Waals surface area contributed by atoms with Gasteiger partial charge in [-0.05, 0) is 50.1 Å². The van der Waals surface area contributed by atoms with E-state index in [4.69, 9.17) is 36.9 Å². The fourth-order valence-corrected chi connectivity index (χ4v) is 9.27. The molecule has 0 bridgehead atoms. The number of nitrogens with one attached hydrogen (secondary N) is 2. The minimum atomic E-state index is -4.43. The Labute approximate surface area is 322 Å². The van der Waals surface area contributed by atoms with Crippen molar-refractivity contribution in [3.05, 3.63) is 77.3 Å². The van der Waals surface area contributed by atoms with Crippen molar-refractivity contribution in [3.63, 3.8) is 0 Å². The Kier molecular flexibility index (Phi) is 12.7. The Bertz CT molecular complexity index is 2030. The molecule has 55 heavy (non-hydrogen) atoms. The number of H-pyrrole nitrogens is 2. The van der Waals surface area contributed by atoms with Crippen LogP contribution in [0.15, 0.2) is 43.7 Å². The monoisotopic (exact) mass is 828 g/mol. The van der Waals surface area contributed by atoms with Crippen molar-refractivity contribution in [2.24, 2.45) is 0 Å². The third kappa shape index (κ3) is 9.77. The van der Waals surface area contributed by atoms with Crippen LogP contribution >= 0.6 is 7.82 Å². The maximum absolute atomic E-state index is 14.6. The highest BCUT2D eigenvalue weighted by atomic mass is 31.2. The molecule has 0 aromatic carbocycles. The van der Waals surface area contributed by atoms with Crippen LogP contribution in [0.25, 0.3) is 0 Å². The molecular weight excluding hydrogens is 772 g/mol. The molecule has 2 fully saturated rings. The van der Waals surface area contributed by atoms with Gasteiger partial charge in [-0.3, -0.25) is 46.8 Å². The van der Waals surface area contributed by atoms with Gasteiger partial charge >= 0.3 is 19.2 Å². The van der Waals surface area contributed by atoms with Crippen LogP contribution in [0.3, 0.4) is 0 Å². The van der Waals surface area contributed by atoms with Gasteiger partial charge in [0.2, 0.25) is 8.32 Å². The topological polar surface area (TPSA) is 201 Å². The lowest BCUT2D eigenvalue weighted by Gasteiger charge is -2.40. The summed E-state index contributed by atoms with van der Waals surface area (Å²) in [5.74, 6) is 0. The quantitative estimate of drug-likeness (QED) is 0.0999. The highest BCUT2D eigenvalue weighted by molar-refractivity contribution is 7.48. The molecule has 2 aromatic heterocycles. The molecule has 2 N–H and O–H groups in total. The number of nitrogens with zero attached hydrogens (tertiary/aromatic N) is 2. The van der Waals surface area contributed by atoms with Crippen molar-refractivity contribution in [1.29, 1.82) is 0 Å². The molecular formula is C35H57N4O13PSi2. The van der Waals surface area contributed by atoms with Gasteiger partial charge < -0.3 is 13.9 Å². The van der Waals surface area contributed by atoms with E-state index in [1.54, 1.807) is 26.0 Å². The van der Waals surface area contributed by atoms with Crippen molar-refractivity contribution in [3.8, 4) is 0 Å². The predicted molar refractivity (Wildman–Crippen MR) is 208 cm³/mol. The first-order valence-corrected chi connectivity index (χ1v) is 25.8. The number of aromatic nitrogens is 4. The van der Waals surface area contributed by atoms with E-state index in [2.05, 4.69) is 64.6 Å². The summed E-state index contributed by atoms with van der Waals surface area (Å²) in [6.45, 7) is 23.6. The van der Waals surface area contributed by atoms with Gasteiger partial charge in [0.05, 0.1) is 12.7 Å². The van der Waals surface area contributed by atoms with Crippen LogP contribution in [0.1, 0.15) is 78.0 Å². The standard InChI is InChI=1S/C35H57N4O13PSi2/c1-21-18-38(32(42)36-30(21)40)27-16-24(26(47-27)20-45-52-55(11,12)35(6,7)8)50-53(44)46-15-13-14-23(49-53)29-25(51-54(9,10)34(3,4)5)17-28(48-29)39-19-22(2)31(41)37-33(39)43/h13-14,18-19,23-29H,15-17,20H2,1-12H3,(H,36,40,42)(H,37,41,43)/t23-,24+,25+,26-,27-,28-,29-,53?/m1/s1. The predicted octanol–water partition coefficient (Wildman–Crippen LogP) is 5.09. The van der Waals surface area contributed by atoms with Gasteiger partial charge in [0.1, 0.15) is 43.5 Å². The summed E-state index contributed by atoms with van der Waals surface area (Å²) in [7, 11) is -9.23. The summed E-state index contributed by atoms with van der Waals surface area (Å²) in [6, 6.07) is 0. The summed E-state index contributed by atoms with van der Waals surface area (Å²) in [5.41, 5.74) is -1.72. The van der Waals surface area contributed by atoms with E-state index in [0.29, 0.717) is 11.1 Å². The lowest BCUT2D eigenvalue weighted by molar-refractivity contribution is -0.245. The molecule has 0 aliphatic carbocycles. The van der Waals surface area contributed by atoms with Gasteiger partial charge in [0.15, 0.2) is 8.32 Å². The normalized spacial score (nSPS) is 29.5. The SMILES string of the molecule is Cc1cn([C@H]2C[C@H](O[Si](C)(C)C(C)(C)C)[C@@H]([C@H]3C=CCOP(=O)(O[C@H]4C[C@H](n5cc(C)c(=O)[nH]c5=O)O[C@@H]4COO[Si](C)(C)C(C)(C)C)O3)O2)c(=O)[nH]c1=O. The van der Waals surface area contributed by atoms with Crippen LogP contribution in [0, 0.1) is 13.8 Å². The zero-order chi connectivity index (χ0) is 40.9. The molecule has 20 heteroatoms. The molecule has 8 atom stereocenters. The molecule has 1 unspecified atom stereocenters. The summed E-state index contributed by atoms with van der Waals surface area (Å²) >= 11 is 0. The first-order chi connectivity index (χ1) is 25.3. The largest absolute Gasteiger partial charge is 0.476 e. The van der Waals surface area contributed by atoms with E-state index in [1.807, 2.05) is 13.1 Å². The molecule has 3 aliphatic heterocycles. The number of rotatable bonds is 11. The molecule has 5 heterocycles. The summed E-state index contributed by atoms with van der Waals surface area (Å²) < 4.78 is 60.9. The molecule has 0 amide bonds. The average Bonchev–Trinajstić information content (AvgIpc) is 3.58. The number of aryl methyl sites for hydroxylation is 2. The first-order valence-electron chi connectivity index (χ1n) is 18.5. The highest BCUT2D eigenvalue weighted by Gasteiger charge is 2.51. The van der Waals surface area contributed by atoms with Crippen LogP contribution in [0.5, 0.6) is 0 Å². The molecule has 2 saturated heterocycles. The molecule has 0 saturated carbocycles. The molecule has 3 aliphatic rings. The molecule has 308 valence electrons. The smallest absolute Gasteiger partial charge is 0.411 e. The number of hydrogen-bond acceptors (Lipinski definition) is 13. The van der Waals surface area contributed by atoms with Crippen molar-refractivity contribution in [2.45, 2.75) is 147 Å². The molecule has 2 aromatic rings. The van der Waals surface area contributed by atoms with E-state index >= 15 is 0 Å². The van der Waals surface area contributed by atoms with E-state index < -0.39 is 89.9 Å². The third-order valence-electron chi connectivity index (χ3n) is 11.3. The Morgan fingerprint density at radius 3 is 1.89 bits per heavy atom. The summed E-state index contributed by atoms with van der Waals surface area (Å²) in [4.78, 5) is 60.5. The number of hydrogen-bond donors (Lipinski definition) is 2. The van der Waals surface area contributed by atoms with Gasteiger partial charge in [-0.25, -0.2) is 19.0 Å². The fourth-order valence-electron chi connectivity index (χ4n) is 5.83. The van der Waals surface area contributed by atoms with E-state index in [-0.39, 0.29) is 36.1 Å². The molecule has 0 spiro atoms. The van der Waals surface area contributed by atoms with Crippen molar-refractivity contribution in [2.75, 3.05) is 13.2 Å². The van der Waals surface area contributed by atoms with Crippen molar-refractivity contribution < 1.29 is 41.5 Å². The van der Waals surface area contributed by atoms with Gasteiger partial charge in [-0.15, -0.1) is 0 Å². The first kappa shape index (κ1) is 43.6. The average molecular weight is 829 g/mol. The third-order valence-corrected chi connectivity index (χ3v) is 21.4. The van der Waals surface area contributed by atoms with E-state index in [9.17, 15) is 23.7 Å². The van der Waals surface area contributed by atoms with Gasteiger partial charge in [0, 0.05) is 36.4 Å². The maximum Gasteiger partial charge on any atom is 0.476 e. The van der Waals surface area contributed by atoms with Crippen molar-refractivity contribution in [1.82, 2.24) is 19.1 Å². The fraction of sp³-hybridized carbons (Fsp3) is 0.714. The number of ether oxygens (including phenoxy) is 2. The summed E-state index contributed by atoms with van der Waals surface area (Å²) in [5, 5.41) is -0.339. The van der Waals surface area contributed by atoms with Gasteiger partial charge in [0.25, 0.3) is 11.1 Å². The Morgan fingerprint density at radius 2 is 1.35 bits per heavy atom. The van der Waals surface area contributed by atoms with Crippen LogP contribution in [0.2, 0.25) is 36.3 Å². The van der Waals surface area contributed by atoms with Crippen LogP contribution in [0.4, 0.5) is 0 Å².